The molecule has 4 rings (SSSR count). The quantitative estimate of drug-likeness (QED) is 0.738. The van der Waals surface area contributed by atoms with Crippen LogP contribution in [0.1, 0.15) is 43.9 Å². The Morgan fingerprint density at radius 2 is 2.08 bits per heavy atom. The summed E-state index contributed by atoms with van der Waals surface area (Å²) >= 11 is 0. The van der Waals surface area contributed by atoms with E-state index in [2.05, 4.69) is 16.8 Å². The van der Waals surface area contributed by atoms with Gasteiger partial charge in [-0.3, -0.25) is 4.79 Å². The minimum Gasteiger partial charge on any atom is -0.341 e. The van der Waals surface area contributed by atoms with Gasteiger partial charge in [0.25, 0.3) is 0 Å². The zero-order valence-electron chi connectivity index (χ0n) is 14.7. The molecule has 0 unspecified atom stereocenters. The van der Waals surface area contributed by atoms with Crippen LogP contribution < -0.4 is 4.90 Å². The maximum absolute atomic E-state index is 12.6. The number of hydrogen-bond donors (Lipinski definition) is 0. The number of carbonyl (C=O) groups excluding carboxylic acids is 1. The van der Waals surface area contributed by atoms with Crippen molar-refractivity contribution in [2.45, 2.75) is 43.6 Å². The molecule has 8 heteroatoms. The van der Waals surface area contributed by atoms with Crippen LogP contribution in [-0.2, 0) is 20.4 Å². The van der Waals surface area contributed by atoms with Crippen molar-refractivity contribution in [3.05, 3.63) is 17.5 Å². The van der Waals surface area contributed by atoms with Gasteiger partial charge in [0.2, 0.25) is 11.9 Å². The van der Waals surface area contributed by atoms with E-state index < -0.39 is 15.1 Å². The van der Waals surface area contributed by atoms with E-state index >= 15 is 0 Å². The van der Waals surface area contributed by atoms with Gasteiger partial charge in [-0.25, -0.2) is 18.4 Å². The molecule has 3 atom stereocenters. The Balaban J connectivity index is 1.71. The number of carbonyl (C=O) groups is 1. The predicted octanol–water partition coefficient (Wildman–Crippen LogP) is 0.956. The Kier molecular flexibility index (Phi) is 3.97. The second-order valence-electron chi connectivity index (χ2n) is 7.65. The van der Waals surface area contributed by atoms with Crippen LogP contribution in [0.15, 0.2) is 6.20 Å². The van der Waals surface area contributed by atoms with E-state index in [9.17, 15) is 13.2 Å². The van der Waals surface area contributed by atoms with Crippen LogP contribution in [0.25, 0.3) is 0 Å². The number of likely N-dealkylation sites (tertiary alicyclic amines) is 1. The lowest BCUT2D eigenvalue weighted by Crippen LogP contribution is -2.38. The highest BCUT2D eigenvalue weighted by Crippen LogP contribution is 2.39. The third-order valence-corrected chi connectivity index (χ3v) is 7.82. The second kappa shape index (κ2) is 5.93. The van der Waals surface area contributed by atoms with Crippen LogP contribution in [0.4, 0.5) is 5.95 Å². The summed E-state index contributed by atoms with van der Waals surface area (Å²) in [5.41, 5.74) is 1.52. The Hall–Kier alpha value is -1.70. The van der Waals surface area contributed by atoms with Crippen LogP contribution in [0.2, 0.25) is 0 Å². The van der Waals surface area contributed by atoms with Crippen molar-refractivity contribution in [2.24, 2.45) is 5.92 Å². The van der Waals surface area contributed by atoms with E-state index in [0.717, 1.165) is 25.2 Å². The fourth-order valence-electron chi connectivity index (χ4n) is 4.35. The first-order valence-electron chi connectivity index (χ1n) is 8.93. The highest BCUT2D eigenvalue weighted by Gasteiger charge is 2.48. The summed E-state index contributed by atoms with van der Waals surface area (Å²) in [5.74, 6) is 0.976. The van der Waals surface area contributed by atoms with Gasteiger partial charge in [-0.1, -0.05) is 6.92 Å². The molecule has 0 N–H and O–H groups in total. The van der Waals surface area contributed by atoms with E-state index in [1.165, 1.54) is 13.3 Å². The van der Waals surface area contributed by atoms with Gasteiger partial charge in [-0.15, -0.1) is 0 Å². The number of anilines is 1. The number of rotatable bonds is 1. The second-order valence-corrected chi connectivity index (χ2v) is 9.87. The zero-order valence-corrected chi connectivity index (χ0v) is 15.5. The molecule has 3 aliphatic heterocycles. The molecule has 136 valence electrons. The van der Waals surface area contributed by atoms with Gasteiger partial charge in [0.15, 0.2) is 9.84 Å². The molecule has 0 aromatic carbocycles. The van der Waals surface area contributed by atoms with Crippen LogP contribution in [0.3, 0.4) is 0 Å². The van der Waals surface area contributed by atoms with Gasteiger partial charge in [0, 0.05) is 50.8 Å². The number of sulfone groups is 1. The summed E-state index contributed by atoms with van der Waals surface area (Å²) in [7, 11) is -3.27. The van der Waals surface area contributed by atoms with Gasteiger partial charge in [0.05, 0.1) is 16.7 Å². The molecule has 25 heavy (non-hydrogen) atoms. The molecular formula is C17H24N4O3S. The van der Waals surface area contributed by atoms with Gasteiger partial charge in [0.1, 0.15) is 0 Å². The van der Waals surface area contributed by atoms with Gasteiger partial charge in [-0.2, -0.15) is 0 Å². The van der Waals surface area contributed by atoms with Crippen LogP contribution in [0, 0.1) is 5.92 Å². The number of nitrogens with zero attached hydrogens (tertiary/aromatic N) is 4. The smallest absolute Gasteiger partial charge is 0.225 e. The highest BCUT2D eigenvalue weighted by molar-refractivity contribution is 7.91. The first-order chi connectivity index (χ1) is 11.8. The largest absolute Gasteiger partial charge is 0.341 e. The molecule has 1 amide bonds. The number of amides is 1. The fourth-order valence-corrected chi connectivity index (χ4v) is 6.34. The molecule has 7 nitrogen and oxygen atoms in total. The molecular weight excluding hydrogens is 340 g/mol. The van der Waals surface area contributed by atoms with Gasteiger partial charge in [-0.05, 0) is 18.8 Å². The maximum Gasteiger partial charge on any atom is 0.225 e. The summed E-state index contributed by atoms with van der Waals surface area (Å²) in [6, 6.07) is 0. The van der Waals surface area contributed by atoms with E-state index in [1.807, 2.05) is 0 Å². The minimum atomic E-state index is -3.27. The van der Waals surface area contributed by atoms with Crippen molar-refractivity contribution in [3.8, 4) is 0 Å². The molecule has 1 aromatic rings. The molecule has 3 aliphatic rings. The standard InChI is InChI=1S/C17H24N4O3S/c1-11-4-3-5-20(7-11)17-18-6-13-10-25(23,24)15-9-21(12(2)22)8-14(15)16(13)19-17/h6,11,14-15H,3-5,7-10H2,1-2H3/t11-,14+,15-/m1/s1. The van der Waals surface area contributed by atoms with Crippen molar-refractivity contribution in [1.82, 2.24) is 14.9 Å². The number of fused-ring (bicyclic) bond motifs is 3. The van der Waals surface area contributed by atoms with Crippen LogP contribution in [0.5, 0.6) is 0 Å². The Bertz CT molecular complexity index is 810. The third kappa shape index (κ3) is 2.90. The zero-order chi connectivity index (χ0) is 17.8. The maximum atomic E-state index is 12.6. The lowest BCUT2D eigenvalue weighted by atomic mass is 9.99. The SMILES string of the molecule is CC(=O)N1C[C@@H]2c3nc(N4CCC[C@@H](C)C4)ncc3CS(=O)(=O)[C@@H]2C1. The summed E-state index contributed by atoms with van der Waals surface area (Å²) < 4.78 is 25.2. The van der Waals surface area contributed by atoms with Crippen molar-refractivity contribution in [3.63, 3.8) is 0 Å². The van der Waals surface area contributed by atoms with E-state index in [1.54, 1.807) is 11.1 Å². The molecule has 0 bridgehead atoms. The highest BCUT2D eigenvalue weighted by atomic mass is 32.2. The molecule has 4 heterocycles. The summed E-state index contributed by atoms with van der Waals surface area (Å²) in [4.78, 5) is 24.8. The van der Waals surface area contributed by atoms with Crippen LogP contribution >= 0.6 is 0 Å². The van der Waals surface area contributed by atoms with Crippen molar-refractivity contribution in [2.75, 3.05) is 31.1 Å². The third-order valence-electron chi connectivity index (χ3n) is 5.71. The topological polar surface area (TPSA) is 83.5 Å². The van der Waals surface area contributed by atoms with E-state index in [4.69, 9.17) is 4.98 Å². The van der Waals surface area contributed by atoms with E-state index in [0.29, 0.717) is 24.0 Å². The lowest BCUT2D eigenvalue weighted by Gasteiger charge is -2.32. The Morgan fingerprint density at radius 3 is 2.80 bits per heavy atom. The molecule has 2 fully saturated rings. The van der Waals surface area contributed by atoms with Gasteiger partial charge < -0.3 is 9.80 Å². The summed E-state index contributed by atoms with van der Waals surface area (Å²) in [6.45, 7) is 6.31. The molecule has 0 aliphatic carbocycles. The Morgan fingerprint density at radius 1 is 1.28 bits per heavy atom. The lowest BCUT2D eigenvalue weighted by molar-refractivity contribution is -0.127. The summed E-state index contributed by atoms with van der Waals surface area (Å²) in [6.07, 6.45) is 4.03. The monoisotopic (exact) mass is 364 g/mol. The Labute approximate surface area is 148 Å². The van der Waals surface area contributed by atoms with Crippen molar-refractivity contribution >= 4 is 21.7 Å². The minimum absolute atomic E-state index is 0.0219. The molecule has 1 aromatic heterocycles. The number of hydrogen-bond acceptors (Lipinski definition) is 6. The van der Waals surface area contributed by atoms with Crippen molar-refractivity contribution < 1.29 is 13.2 Å². The van der Waals surface area contributed by atoms with Gasteiger partial charge >= 0.3 is 0 Å². The van der Waals surface area contributed by atoms with Crippen molar-refractivity contribution in [1.29, 1.82) is 0 Å². The predicted molar refractivity (Wildman–Crippen MR) is 94.0 cm³/mol. The summed E-state index contributed by atoms with van der Waals surface area (Å²) in [5, 5.41) is -0.535. The van der Waals surface area contributed by atoms with E-state index in [-0.39, 0.29) is 24.1 Å². The molecule has 0 spiro atoms. The number of aromatic nitrogens is 2. The van der Waals surface area contributed by atoms with Crippen LogP contribution in [-0.4, -0.2) is 60.6 Å². The first-order valence-corrected chi connectivity index (χ1v) is 10.6. The molecule has 0 saturated carbocycles. The molecule has 0 radical (unpaired) electrons. The number of piperidine rings is 1. The fraction of sp³-hybridized carbons (Fsp3) is 0.706. The average Bonchev–Trinajstić information content (AvgIpc) is 3.01. The normalized spacial score (nSPS) is 30.7. The first kappa shape index (κ1) is 16.8. The average molecular weight is 364 g/mol. The molecule has 2 saturated heterocycles.